The van der Waals surface area contributed by atoms with Gasteiger partial charge in [0.2, 0.25) is 0 Å². The van der Waals surface area contributed by atoms with Crippen molar-refractivity contribution in [3.8, 4) is 0 Å². The number of hydrogen-bond donors (Lipinski definition) is 1. The Bertz CT molecular complexity index is 861. The van der Waals surface area contributed by atoms with Crippen LogP contribution in [-0.4, -0.2) is 28.6 Å². The number of aliphatic hydroxyl groups is 1. The van der Waals surface area contributed by atoms with Crippen molar-refractivity contribution in [2.75, 3.05) is 18.0 Å². The molecular formula is C22H27BrN2O. The first kappa shape index (κ1) is 19.1. The summed E-state index contributed by atoms with van der Waals surface area (Å²) in [5.74, 6) is 1.26. The maximum absolute atomic E-state index is 11.8. The second kappa shape index (κ2) is 7.16. The number of halogens is 1. The molecular weight excluding hydrogens is 388 g/mol. The molecule has 138 valence electrons. The van der Waals surface area contributed by atoms with E-state index in [4.69, 9.17) is 0 Å². The molecule has 0 saturated carbocycles. The molecule has 4 rings (SSSR count). The van der Waals surface area contributed by atoms with Gasteiger partial charge in [0.1, 0.15) is 5.69 Å². The molecule has 3 nitrogen and oxygen atoms in total. The Balaban J connectivity index is 0.00000196. The lowest BCUT2D eigenvalue weighted by Crippen LogP contribution is -3.00. The van der Waals surface area contributed by atoms with E-state index in [1.54, 1.807) is 0 Å². The molecule has 26 heavy (non-hydrogen) atoms. The van der Waals surface area contributed by atoms with Crippen LogP contribution in [-0.2, 0) is 5.72 Å². The predicted molar refractivity (Wildman–Crippen MR) is 102 cm³/mol. The zero-order chi connectivity index (χ0) is 17.6. The van der Waals surface area contributed by atoms with Gasteiger partial charge in [0.15, 0.2) is 6.54 Å². The predicted octanol–water partition coefficient (Wildman–Crippen LogP) is 0.876. The summed E-state index contributed by atoms with van der Waals surface area (Å²) in [6.45, 7) is 7.85. The van der Waals surface area contributed by atoms with E-state index in [-0.39, 0.29) is 17.0 Å². The molecule has 0 spiro atoms. The zero-order valence-corrected chi connectivity index (χ0v) is 17.4. The monoisotopic (exact) mass is 414 g/mol. The van der Waals surface area contributed by atoms with Gasteiger partial charge in [0.25, 0.3) is 11.6 Å². The highest BCUT2D eigenvalue weighted by Crippen LogP contribution is 2.37. The maximum Gasteiger partial charge on any atom is 0.271 e. The van der Waals surface area contributed by atoms with Crippen molar-refractivity contribution in [3.05, 3.63) is 64.7 Å². The lowest BCUT2D eigenvalue weighted by Gasteiger charge is -2.26. The van der Waals surface area contributed by atoms with Gasteiger partial charge < -0.3 is 22.1 Å². The smallest absolute Gasteiger partial charge is 0.271 e. The standard InChI is InChI=1S/C22H27N2O.BrH/c1-16-7-6-8-19(14-16)23-15-22(25,24-12-5-4-9-21(23)24)20-11-10-17(2)13-18(20)3;/h6-8,10-11,13-14,25H,4-5,9,12,15H2,1-3H3;1H/q+1;/p-1. The van der Waals surface area contributed by atoms with E-state index in [2.05, 4.69) is 72.7 Å². The molecule has 1 unspecified atom stereocenters. The van der Waals surface area contributed by atoms with Crippen molar-refractivity contribution in [3.63, 3.8) is 0 Å². The van der Waals surface area contributed by atoms with Gasteiger partial charge in [-0.05, 0) is 56.9 Å². The molecule has 1 atom stereocenters. The van der Waals surface area contributed by atoms with E-state index >= 15 is 0 Å². The Morgan fingerprint density at radius 3 is 2.50 bits per heavy atom. The SMILES string of the molecule is Cc1cccc(N2CC(O)(c3ccc(C)cc3C)[N+]3=C2CCCC3)c1.[Br-]. The lowest BCUT2D eigenvalue weighted by atomic mass is 9.95. The highest BCUT2D eigenvalue weighted by Gasteiger charge is 2.53. The van der Waals surface area contributed by atoms with Crippen LogP contribution in [0.15, 0.2) is 42.5 Å². The summed E-state index contributed by atoms with van der Waals surface area (Å²) in [4.78, 5) is 2.32. The fourth-order valence-corrected chi connectivity index (χ4v) is 4.42. The number of aryl methyl sites for hydroxylation is 3. The van der Waals surface area contributed by atoms with Crippen LogP contribution in [0.3, 0.4) is 0 Å². The van der Waals surface area contributed by atoms with Crippen molar-refractivity contribution in [2.24, 2.45) is 0 Å². The molecule has 4 heteroatoms. The zero-order valence-electron chi connectivity index (χ0n) is 15.8. The highest BCUT2D eigenvalue weighted by atomic mass is 79.9. The Morgan fingerprint density at radius 2 is 1.77 bits per heavy atom. The molecule has 2 heterocycles. The number of anilines is 1. The van der Waals surface area contributed by atoms with Crippen LogP contribution >= 0.6 is 0 Å². The van der Waals surface area contributed by atoms with E-state index in [0.717, 1.165) is 24.9 Å². The van der Waals surface area contributed by atoms with Crippen molar-refractivity contribution in [1.29, 1.82) is 0 Å². The average Bonchev–Trinajstić information content (AvgIpc) is 2.89. The molecule has 0 saturated heterocycles. The highest BCUT2D eigenvalue weighted by molar-refractivity contribution is 5.96. The molecule has 0 aromatic heterocycles. The molecule has 0 fully saturated rings. The van der Waals surface area contributed by atoms with E-state index in [0.29, 0.717) is 6.54 Å². The summed E-state index contributed by atoms with van der Waals surface area (Å²) < 4.78 is 2.25. The average molecular weight is 415 g/mol. The van der Waals surface area contributed by atoms with Gasteiger partial charge in [-0.15, -0.1) is 0 Å². The molecule has 0 radical (unpaired) electrons. The summed E-state index contributed by atoms with van der Waals surface area (Å²) in [5, 5.41) is 11.8. The second-order valence-corrected chi connectivity index (χ2v) is 7.59. The topological polar surface area (TPSA) is 26.5 Å². The number of hydrogen-bond acceptors (Lipinski definition) is 2. The molecule has 0 amide bonds. The number of amidine groups is 1. The van der Waals surface area contributed by atoms with E-state index in [9.17, 15) is 5.11 Å². The summed E-state index contributed by atoms with van der Waals surface area (Å²) in [6.07, 6.45) is 3.36. The van der Waals surface area contributed by atoms with Gasteiger partial charge in [0.05, 0.1) is 6.54 Å². The number of β-amino-alcohol motifs (C(OH)–C–C–N with tert-alkyl or cyclic N) is 1. The Morgan fingerprint density at radius 1 is 1.00 bits per heavy atom. The minimum atomic E-state index is -0.947. The van der Waals surface area contributed by atoms with Crippen molar-refractivity contribution in [1.82, 2.24) is 0 Å². The first-order chi connectivity index (χ1) is 12.0. The van der Waals surface area contributed by atoms with Gasteiger partial charge in [-0.25, -0.2) is 9.48 Å². The Labute approximate surface area is 166 Å². The third-order valence-corrected chi connectivity index (χ3v) is 5.61. The minimum Gasteiger partial charge on any atom is -1.00 e. The molecule has 2 aliphatic rings. The summed E-state index contributed by atoms with van der Waals surface area (Å²) in [5.41, 5.74) is 4.93. The Kier molecular flexibility index (Phi) is 5.27. The minimum absolute atomic E-state index is 0. The van der Waals surface area contributed by atoms with Gasteiger partial charge >= 0.3 is 0 Å². The molecule has 0 bridgehead atoms. The molecule has 2 aliphatic heterocycles. The fourth-order valence-electron chi connectivity index (χ4n) is 4.42. The van der Waals surface area contributed by atoms with Crippen LogP contribution < -0.4 is 21.9 Å². The molecule has 1 N–H and O–H groups in total. The van der Waals surface area contributed by atoms with Crippen LogP contribution in [0.4, 0.5) is 5.69 Å². The first-order valence-corrected chi connectivity index (χ1v) is 9.27. The summed E-state index contributed by atoms with van der Waals surface area (Å²) in [7, 11) is 0. The third kappa shape index (κ3) is 3.10. The van der Waals surface area contributed by atoms with Crippen molar-refractivity contribution >= 4 is 11.5 Å². The number of rotatable bonds is 2. The first-order valence-electron chi connectivity index (χ1n) is 9.27. The summed E-state index contributed by atoms with van der Waals surface area (Å²) >= 11 is 0. The van der Waals surface area contributed by atoms with Crippen LogP contribution in [0.2, 0.25) is 0 Å². The molecule has 0 aliphatic carbocycles. The summed E-state index contributed by atoms with van der Waals surface area (Å²) in [6, 6.07) is 15.0. The van der Waals surface area contributed by atoms with Crippen LogP contribution in [0.5, 0.6) is 0 Å². The quantitative estimate of drug-likeness (QED) is 0.738. The van der Waals surface area contributed by atoms with Gasteiger partial charge in [-0.2, -0.15) is 0 Å². The van der Waals surface area contributed by atoms with Crippen molar-refractivity contribution < 1.29 is 26.7 Å². The molecule has 2 aromatic rings. The van der Waals surface area contributed by atoms with Crippen LogP contribution in [0, 0.1) is 20.8 Å². The normalized spacial score (nSPS) is 22.2. The van der Waals surface area contributed by atoms with Gasteiger partial charge in [-0.1, -0.05) is 35.9 Å². The van der Waals surface area contributed by atoms with Crippen LogP contribution in [0.25, 0.3) is 0 Å². The van der Waals surface area contributed by atoms with Gasteiger partial charge in [-0.3, -0.25) is 0 Å². The van der Waals surface area contributed by atoms with Crippen molar-refractivity contribution in [2.45, 2.75) is 45.8 Å². The third-order valence-electron chi connectivity index (χ3n) is 5.61. The maximum atomic E-state index is 11.8. The van der Waals surface area contributed by atoms with Gasteiger partial charge in [0, 0.05) is 12.0 Å². The fraction of sp³-hybridized carbons (Fsp3) is 0.409. The van der Waals surface area contributed by atoms with E-state index in [1.165, 1.54) is 34.6 Å². The van der Waals surface area contributed by atoms with E-state index in [1.807, 2.05) is 0 Å². The van der Waals surface area contributed by atoms with Crippen LogP contribution in [0.1, 0.15) is 41.5 Å². The number of nitrogens with zero attached hydrogens (tertiary/aromatic N) is 2. The number of benzene rings is 2. The molecule has 2 aromatic carbocycles. The second-order valence-electron chi connectivity index (χ2n) is 7.59. The largest absolute Gasteiger partial charge is 1.00 e. The Hall–Kier alpha value is -1.65. The van der Waals surface area contributed by atoms with E-state index < -0.39 is 5.72 Å². The lowest BCUT2D eigenvalue weighted by molar-refractivity contribution is -0.661.